The van der Waals surface area contributed by atoms with Gasteiger partial charge < -0.3 is 10.4 Å². The fourth-order valence-electron chi connectivity index (χ4n) is 4.99. The lowest BCUT2D eigenvalue weighted by molar-refractivity contribution is -0.137. The van der Waals surface area contributed by atoms with Crippen molar-refractivity contribution in [3.8, 4) is 0 Å². The Kier molecular flexibility index (Phi) is 7.86. The summed E-state index contributed by atoms with van der Waals surface area (Å²) in [6, 6.07) is 5.98. The molecule has 2 atom stereocenters. The average Bonchev–Trinajstić information content (AvgIpc) is 2.74. The fraction of sp³-hybridized carbons (Fsp3) is 0.571. The Morgan fingerprint density at radius 3 is 2.62 bits per heavy atom. The van der Waals surface area contributed by atoms with Gasteiger partial charge in [-0.25, -0.2) is 4.79 Å². The molecule has 0 spiro atoms. The van der Waals surface area contributed by atoms with Crippen LogP contribution in [0.3, 0.4) is 0 Å². The predicted molar refractivity (Wildman–Crippen MR) is 138 cm³/mol. The highest BCUT2D eigenvalue weighted by Gasteiger charge is 2.46. The number of amides is 2. The number of carboxylic acids is 1. The normalized spacial score (nSPS) is 22.8. The Bertz CT molecular complexity index is 992. The first kappa shape index (κ1) is 26.3. The summed E-state index contributed by atoms with van der Waals surface area (Å²) in [4.78, 5) is 25.7. The van der Waals surface area contributed by atoms with Gasteiger partial charge >= 0.3 is 12.0 Å². The number of carbonyl (C=O) groups excluding carboxylic acids is 1. The molecule has 186 valence electrons. The van der Waals surface area contributed by atoms with Crippen LogP contribution in [-0.2, 0) is 16.8 Å². The van der Waals surface area contributed by atoms with Crippen LogP contribution in [0.15, 0.2) is 42.2 Å². The lowest BCUT2D eigenvalue weighted by Gasteiger charge is -2.48. The van der Waals surface area contributed by atoms with E-state index in [4.69, 9.17) is 16.7 Å². The number of rotatable bonds is 8. The van der Waals surface area contributed by atoms with Gasteiger partial charge in [0.15, 0.2) is 0 Å². The number of urea groups is 1. The maximum Gasteiger partial charge on any atom is 0.326 e. The summed E-state index contributed by atoms with van der Waals surface area (Å²) < 4.78 is 0. The summed E-state index contributed by atoms with van der Waals surface area (Å²) in [7, 11) is 0. The highest BCUT2D eigenvalue weighted by molar-refractivity contribution is 6.31. The minimum absolute atomic E-state index is 0.0583. The number of nitrogens with zero attached hydrogens (tertiary/aromatic N) is 1. The summed E-state index contributed by atoms with van der Waals surface area (Å²) in [5.74, 6) is 0.146. The van der Waals surface area contributed by atoms with Crippen LogP contribution in [0.4, 0.5) is 4.79 Å². The number of carbonyl (C=O) groups is 2. The van der Waals surface area contributed by atoms with E-state index in [0.717, 1.165) is 53.8 Å². The molecular formula is C28H39ClN2O3. The van der Waals surface area contributed by atoms with Crippen molar-refractivity contribution in [2.24, 2.45) is 17.3 Å². The molecule has 3 rings (SSSR count). The largest absolute Gasteiger partial charge is 0.481 e. The molecule has 1 saturated carbocycles. The van der Waals surface area contributed by atoms with Crippen molar-refractivity contribution in [2.45, 2.75) is 85.1 Å². The van der Waals surface area contributed by atoms with Gasteiger partial charge in [0.25, 0.3) is 0 Å². The molecule has 0 radical (unpaired) electrons. The molecular weight excluding hydrogens is 448 g/mol. The second kappa shape index (κ2) is 10.2. The highest BCUT2D eigenvalue weighted by Crippen LogP contribution is 2.48. The number of fused-ring (bicyclic) bond motifs is 1. The monoisotopic (exact) mass is 486 g/mol. The molecule has 1 aliphatic heterocycles. The average molecular weight is 487 g/mol. The summed E-state index contributed by atoms with van der Waals surface area (Å²) >= 11 is 6.76. The van der Waals surface area contributed by atoms with Gasteiger partial charge in [0.05, 0.1) is 12.0 Å². The molecule has 34 heavy (non-hydrogen) atoms. The third-order valence-corrected chi connectivity index (χ3v) is 7.70. The Labute approximate surface area is 209 Å². The van der Waals surface area contributed by atoms with E-state index in [0.29, 0.717) is 17.5 Å². The van der Waals surface area contributed by atoms with E-state index in [1.54, 1.807) is 0 Å². The molecule has 1 unspecified atom stereocenters. The first-order chi connectivity index (χ1) is 15.8. The maximum absolute atomic E-state index is 13.2. The van der Waals surface area contributed by atoms with E-state index < -0.39 is 11.5 Å². The number of carboxylic acid groups (broad SMARTS) is 1. The molecule has 2 aliphatic rings. The first-order valence-electron chi connectivity index (χ1n) is 12.3. The van der Waals surface area contributed by atoms with Crippen LogP contribution in [0.25, 0.3) is 0 Å². The molecule has 0 bridgehead atoms. The molecule has 1 heterocycles. The Morgan fingerprint density at radius 1 is 1.32 bits per heavy atom. The van der Waals surface area contributed by atoms with Gasteiger partial charge in [0, 0.05) is 16.9 Å². The number of hydrogen-bond donors (Lipinski definition) is 2. The summed E-state index contributed by atoms with van der Waals surface area (Å²) in [6.45, 7) is 15.2. The number of hydrogen-bond acceptors (Lipinski definition) is 2. The second-order valence-corrected chi connectivity index (χ2v) is 11.8. The fourth-order valence-corrected chi connectivity index (χ4v) is 5.26. The number of aliphatic carboxylic acids is 1. The predicted octanol–water partition coefficient (Wildman–Crippen LogP) is 7.26. The lowest BCUT2D eigenvalue weighted by atomic mass is 9.66. The van der Waals surface area contributed by atoms with E-state index in [-0.39, 0.29) is 24.3 Å². The van der Waals surface area contributed by atoms with Crippen LogP contribution in [0, 0.1) is 17.3 Å². The van der Waals surface area contributed by atoms with Crippen molar-refractivity contribution in [1.82, 2.24) is 10.2 Å². The Morgan fingerprint density at radius 2 is 2.03 bits per heavy atom. The van der Waals surface area contributed by atoms with E-state index in [2.05, 4.69) is 58.6 Å². The molecule has 0 saturated heterocycles. The number of halogens is 1. The zero-order valence-corrected chi connectivity index (χ0v) is 22.0. The molecule has 1 aromatic rings. The molecule has 1 fully saturated rings. The third-order valence-electron chi connectivity index (χ3n) is 7.35. The zero-order valence-electron chi connectivity index (χ0n) is 21.2. The van der Waals surface area contributed by atoms with Crippen molar-refractivity contribution in [2.75, 3.05) is 0 Å². The quantitative estimate of drug-likeness (QED) is 0.406. The summed E-state index contributed by atoms with van der Waals surface area (Å²) in [5, 5.41) is 13.1. The first-order valence-corrected chi connectivity index (χ1v) is 12.7. The molecule has 2 amide bonds. The van der Waals surface area contributed by atoms with Crippen LogP contribution in [0.1, 0.15) is 84.3 Å². The molecule has 0 aromatic heterocycles. The minimum Gasteiger partial charge on any atom is -0.481 e. The van der Waals surface area contributed by atoms with Gasteiger partial charge in [-0.15, -0.1) is 0 Å². The van der Waals surface area contributed by atoms with Gasteiger partial charge in [-0.05, 0) is 78.5 Å². The number of allylic oxidation sites excluding steroid dienone is 1. The van der Waals surface area contributed by atoms with Crippen LogP contribution in [0.2, 0.25) is 5.02 Å². The summed E-state index contributed by atoms with van der Waals surface area (Å²) in [5.41, 5.74) is 3.39. The van der Waals surface area contributed by atoms with Crippen molar-refractivity contribution in [3.63, 3.8) is 0 Å². The SMILES string of the molecule is C=C(CCC(=O)O)N1C=C2CC(C(C)C)CC[C@@]2(c2ccc(CCC(C)(C)C)c(Cl)c2)NC1=O. The van der Waals surface area contributed by atoms with Gasteiger partial charge in [0.1, 0.15) is 0 Å². The van der Waals surface area contributed by atoms with E-state index in [9.17, 15) is 9.59 Å². The van der Waals surface area contributed by atoms with E-state index in [1.165, 1.54) is 4.90 Å². The van der Waals surface area contributed by atoms with Crippen LogP contribution >= 0.6 is 11.6 Å². The van der Waals surface area contributed by atoms with Gasteiger partial charge in [-0.1, -0.05) is 64.9 Å². The smallest absolute Gasteiger partial charge is 0.326 e. The van der Waals surface area contributed by atoms with Crippen molar-refractivity contribution < 1.29 is 14.7 Å². The molecule has 6 heteroatoms. The van der Waals surface area contributed by atoms with Crippen molar-refractivity contribution in [1.29, 1.82) is 0 Å². The van der Waals surface area contributed by atoms with Gasteiger partial charge in [-0.2, -0.15) is 0 Å². The van der Waals surface area contributed by atoms with Crippen LogP contribution in [0.5, 0.6) is 0 Å². The van der Waals surface area contributed by atoms with Crippen LogP contribution < -0.4 is 5.32 Å². The zero-order chi connectivity index (χ0) is 25.3. The molecule has 5 nitrogen and oxygen atoms in total. The highest BCUT2D eigenvalue weighted by atomic mass is 35.5. The van der Waals surface area contributed by atoms with Gasteiger partial charge in [0.2, 0.25) is 0 Å². The second-order valence-electron chi connectivity index (χ2n) is 11.4. The van der Waals surface area contributed by atoms with Gasteiger partial charge in [-0.3, -0.25) is 9.69 Å². The number of aryl methyl sites for hydroxylation is 1. The van der Waals surface area contributed by atoms with Crippen molar-refractivity contribution in [3.05, 3.63) is 58.4 Å². The van der Waals surface area contributed by atoms with Crippen LogP contribution in [-0.4, -0.2) is 22.0 Å². The standard InChI is InChI=1S/C28H39ClN2O3/c1-18(2)21-12-14-28(22-9-8-20(24(29)16-22)11-13-27(4,5)6)23(15-21)17-31(26(34)30-28)19(3)7-10-25(32)33/h8-9,16-18,21H,3,7,10-15H2,1-2,4-6H3,(H,30,34)(H,32,33)/t21?,28-/m0/s1. The Hall–Kier alpha value is -2.27. The molecule has 1 aromatic carbocycles. The van der Waals surface area contributed by atoms with Crippen molar-refractivity contribution >= 4 is 23.6 Å². The molecule has 2 N–H and O–H groups in total. The maximum atomic E-state index is 13.2. The molecule has 1 aliphatic carbocycles. The van der Waals surface area contributed by atoms with E-state index >= 15 is 0 Å². The van der Waals surface area contributed by atoms with E-state index in [1.807, 2.05) is 12.3 Å². The lowest BCUT2D eigenvalue weighted by Crippen LogP contribution is -2.56. The summed E-state index contributed by atoms with van der Waals surface area (Å²) in [6.07, 6.45) is 6.71. The number of benzene rings is 1. The number of nitrogens with one attached hydrogen (secondary N) is 1. The third kappa shape index (κ3) is 5.86. The minimum atomic E-state index is -0.903. The topological polar surface area (TPSA) is 69.6 Å². The Balaban J connectivity index is 1.96.